The number of Topliss-reactive ketones (excluding diaryl/α,β-unsaturated/α-hetero) is 2. The number of carbonyl (C=O) groups is 6. The Morgan fingerprint density at radius 2 is 1.58 bits per heavy atom. The van der Waals surface area contributed by atoms with E-state index in [1.165, 1.54) is 18.2 Å². The molecule has 0 radical (unpaired) electrons. The van der Waals surface area contributed by atoms with E-state index >= 15 is 0 Å². The van der Waals surface area contributed by atoms with Gasteiger partial charge in [0.1, 0.15) is 5.92 Å². The molecule has 1 atom stereocenters. The van der Waals surface area contributed by atoms with Gasteiger partial charge < -0.3 is 5.32 Å². The highest BCUT2D eigenvalue weighted by Crippen LogP contribution is 2.25. The van der Waals surface area contributed by atoms with E-state index < -0.39 is 53.6 Å². The van der Waals surface area contributed by atoms with E-state index in [1.54, 1.807) is 37.3 Å². The van der Waals surface area contributed by atoms with Gasteiger partial charge in [-0.3, -0.25) is 34.6 Å². The molecule has 1 aliphatic rings. The van der Waals surface area contributed by atoms with Crippen molar-refractivity contribution in [3.05, 3.63) is 76.8 Å². The molecule has 5 amide bonds. The van der Waals surface area contributed by atoms with Crippen molar-refractivity contribution in [3.8, 4) is 0 Å². The molecule has 1 saturated heterocycles. The summed E-state index contributed by atoms with van der Waals surface area (Å²) in [5, 5.41) is 8.38. The predicted octanol–water partition coefficient (Wildman–Crippen LogP) is 3.18. The number of imide groups is 2. The number of benzene rings is 3. The Balaban J connectivity index is 1.66. The summed E-state index contributed by atoms with van der Waals surface area (Å²) >= 11 is 5.94. The molecule has 182 valence electrons. The number of aryl methyl sites for hydroxylation is 1. The minimum atomic E-state index is -1.66. The fraction of sp³-hybridized carbons (Fsp3) is 0.154. The number of anilines is 1. The highest BCUT2D eigenvalue weighted by atomic mass is 35.5. The molecular formula is C26H20ClN3O6. The fourth-order valence-corrected chi connectivity index (χ4v) is 4.21. The summed E-state index contributed by atoms with van der Waals surface area (Å²) in [6.07, 6.45) is -0.595. The molecule has 0 aliphatic carbocycles. The fourth-order valence-electron chi connectivity index (χ4n) is 3.98. The number of urea groups is 1. The molecule has 10 heteroatoms. The van der Waals surface area contributed by atoms with Crippen LogP contribution in [0.15, 0.2) is 60.7 Å². The molecule has 1 aliphatic heterocycles. The van der Waals surface area contributed by atoms with Crippen LogP contribution in [0.25, 0.3) is 10.8 Å². The van der Waals surface area contributed by atoms with Gasteiger partial charge in [-0.2, -0.15) is 0 Å². The molecule has 1 heterocycles. The Bertz CT molecular complexity index is 1430. The zero-order valence-electron chi connectivity index (χ0n) is 19.0. The molecule has 4 rings (SSSR count). The van der Waals surface area contributed by atoms with Crippen molar-refractivity contribution in [3.63, 3.8) is 0 Å². The summed E-state index contributed by atoms with van der Waals surface area (Å²) in [4.78, 5) is 75.7. The number of barbiturate groups is 1. The van der Waals surface area contributed by atoms with Crippen molar-refractivity contribution in [2.75, 3.05) is 5.32 Å². The normalized spacial score (nSPS) is 14.7. The van der Waals surface area contributed by atoms with E-state index in [-0.39, 0.29) is 5.56 Å². The van der Waals surface area contributed by atoms with E-state index in [0.29, 0.717) is 16.3 Å². The third kappa shape index (κ3) is 5.16. The van der Waals surface area contributed by atoms with Gasteiger partial charge in [-0.1, -0.05) is 48.0 Å². The third-order valence-electron chi connectivity index (χ3n) is 5.91. The van der Waals surface area contributed by atoms with Crippen LogP contribution in [0.1, 0.15) is 22.3 Å². The zero-order chi connectivity index (χ0) is 26.0. The van der Waals surface area contributed by atoms with Gasteiger partial charge in [-0.15, -0.1) is 0 Å². The van der Waals surface area contributed by atoms with Gasteiger partial charge in [0.05, 0.1) is 5.92 Å². The van der Waals surface area contributed by atoms with E-state index in [9.17, 15) is 28.8 Å². The molecule has 3 aromatic rings. The third-order valence-corrected chi connectivity index (χ3v) is 6.14. The van der Waals surface area contributed by atoms with Crippen molar-refractivity contribution >= 4 is 63.4 Å². The van der Waals surface area contributed by atoms with Crippen LogP contribution in [0.2, 0.25) is 5.02 Å². The van der Waals surface area contributed by atoms with E-state index in [2.05, 4.69) is 5.32 Å². The molecule has 3 N–H and O–H groups in total. The summed E-state index contributed by atoms with van der Waals surface area (Å²) in [6.45, 7) is 1.68. The van der Waals surface area contributed by atoms with Crippen LogP contribution in [0, 0.1) is 18.8 Å². The summed E-state index contributed by atoms with van der Waals surface area (Å²) < 4.78 is 0. The van der Waals surface area contributed by atoms with Crippen molar-refractivity contribution < 1.29 is 28.8 Å². The Hall–Kier alpha value is -4.37. The van der Waals surface area contributed by atoms with Crippen LogP contribution in [-0.2, 0) is 19.2 Å². The number of hydrogen-bond donors (Lipinski definition) is 3. The van der Waals surface area contributed by atoms with E-state index in [1.807, 2.05) is 22.8 Å². The van der Waals surface area contributed by atoms with E-state index in [0.717, 1.165) is 10.8 Å². The Labute approximate surface area is 210 Å². The highest BCUT2D eigenvalue weighted by Gasteiger charge is 2.42. The number of hydrogen-bond acceptors (Lipinski definition) is 6. The van der Waals surface area contributed by atoms with Crippen LogP contribution >= 0.6 is 11.6 Å². The van der Waals surface area contributed by atoms with Crippen LogP contribution in [0.4, 0.5) is 10.5 Å². The van der Waals surface area contributed by atoms with Gasteiger partial charge in [0.2, 0.25) is 17.6 Å². The predicted molar refractivity (Wildman–Crippen MR) is 131 cm³/mol. The number of fused-ring (bicyclic) bond motifs is 1. The summed E-state index contributed by atoms with van der Waals surface area (Å²) in [6, 6.07) is 15.7. The molecule has 0 aromatic heterocycles. The lowest BCUT2D eigenvalue weighted by Crippen LogP contribution is -2.56. The summed E-state index contributed by atoms with van der Waals surface area (Å²) in [5.74, 6) is -8.04. The molecule has 0 bridgehead atoms. The molecule has 0 spiro atoms. The maximum Gasteiger partial charge on any atom is 0.328 e. The summed E-state index contributed by atoms with van der Waals surface area (Å²) in [7, 11) is 0. The SMILES string of the molecule is Cc1cc(Cl)ccc1NC(=O)C(=O)C(CC1C(=O)NC(=O)NC1=O)C(=O)c1ccc2ccccc2c1. The van der Waals surface area contributed by atoms with Gasteiger partial charge in [0.15, 0.2) is 5.78 Å². The lowest BCUT2D eigenvalue weighted by molar-refractivity contribution is -0.139. The highest BCUT2D eigenvalue weighted by molar-refractivity contribution is 6.45. The Morgan fingerprint density at radius 1 is 0.917 bits per heavy atom. The minimum Gasteiger partial charge on any atom is -0.319 e. The average molecular weight is 506 g/mol. The second-order valence-corrected chi connectivity index (χ2v) is 8.79. The molecule has 1 fully saturated rings. The first kappa shape index (κ1) is 24.7. The molecule has 36 heavy (non-hydrogen) atoms. The largest absolute Gasteiger partial charge is 0.328 e. The Morgan fingerprint density at radius 3 is 2.25 bits per heavy atom. The number of halogens is 1. The lowest BCUT2D eigenvalue weighted by Gasteiger charge is -2.24. The number of carbonyl (C=O) groups excluding carboxylic acids is 6. The monoisotopic (exact) mass is 505 g/mol. The van der Waals surface area contributed by atoms with Gasteiger partial charge >= 0.3 is 6.03 Å². The number of ketones is 2. The first-order valence-corrected chi connectivity index (χ1v) is 11.3. The molecular weight excluding hydrogens is 486 g/mol. The van der Waals surface area contributed by atoms with Crippen LogP contribution < -0.4 is 16.0 Å². The maximum absolute atomic E-state index is 13.5. The van der Waals surface area contributed by atoms with Gasteiger partial charge in [-0.05, 0) is 53.9 Å². The molecule has 1 unspecified atom stereocenters. The molecule has 3 aromatic carbocycles. The van der Waals surface area contributed by atoms with E-state index in [4.69, 9.17) is 11.6 Å². The van der Waals surface area contributed by atoms with Crippen LogP contribution in [0.3, 0.4) is 0 Å². The zero-order valence-corrected chi connectivity index (χ0v) is 19.7. The van der Waals surface area contributed by atoms with Gasteiger partial charge in [0, 0.05) is 16.3 Å². The first-order valence-electron chi connectivity index (χ1n) is 10.9. The maximum atomic E-state index is 13.5. The first-order chi connectivity index (χ1) is 17.1. The average Bonchev–Trinajstić information content (AvgIpc) is 2.84. The number of rotatable bonds is 7. The van der Waals surface area contributed by atoms with Crippen molar-refractivity contribution in [1.82, 2.24) is 10.6 Å². The van der Waals surface area contributed by atoms with Crippen LogP contribution in [-0.4, -0.2) is 35.3 Å². The van der Waals surface area contributed by atoms with Crippen molar-refractivity contribution in [2.24, 2.45) is 11.8 Å². The second kappa shape index (κ2) is 10.1. The van der Waals surface area contributed by atoms with Crippen molar-refractivity contribution in [1.29, 1.82) is 0 Å². The van der Waals surface area contributed by atoms with Crippen LogP contribution in [0.5, 0.6) is 0 Å². The molecule has 0 saturated carbocycles. The Kier molecular flexibility index (Phi) is 6.93. The quantitative estimate of drug-likeness (QED) is 0.256. The van der Waals surface area contributed by atoms with Gasteiger partial charge in [-0.25, -0.2) is 4.79 Å². The second-order valence-electron chi connectivity index (χ2n) is 8.35. The minimum absolute atomic E-state index is 0.134. The molecule has 9 nitrogen and oxygen atoms in total. The standard InChI is InChI=1S/C26H20ClN3O6/c1-13-10-17(27)8-9-20(13)28-25(35)22(32)18(12-19-23(33)29-26(36)30-24(19)34)21(31)16-7-6-14-4-2-3-5-15(14)11-16/h2-11,18-19H,12H2,1H3,(H,28,35)(H2,29,30,33,34,36). The van der Waals surface area contributed by atoms with Crippen molar-refractivity contribution in [2.45, 2.75) is 13.3 Å². The lowest BCUT2D eigenvalue weighted by atomic mass is 9.83. The number of nitrogens with one attached hydrogen (secondary N) is 3. The van der Waals surface area contributed by atoms with Gasteiger partial charge in [0.25, 0.3) is 5.91 Å². The smallest absolute Gasteiger partial charge is 0.319 e. The summed E-state index contributed by atoms with van der Waals surface area (Å²) in [5.41, 5.74) is 1.04. The number of amides is 5. The topological polar surface area (TPSA) is 139 Å².